The van der Waals surface area contributed by atoms with Gasteiger partial charge in [-0.2, -0.15) is 23.5 Å². The molecule has 1 aliphatic rings. The molecule has 0 spiro atoms. The number of hydrogen-bond donors (Lipinski definition) is 3. The number of anilines is 1. The number of rotatable bonds is 4. The summed E-state index contributed by atoms with van der Waals surface area (Å²) >= 11 is 12.9. The zero-order chi connectivity index (χ0) is 28.8. The highest BCUT2D eigenvalue weighted by molar-refractivity contribution is 6.37. The Labute approximate surface area is 235 Å². The molecule has 0 aliphatic carbocycles. The first kappa shape index (κ1) is 27.6. The molecule has 1 aromatic heterocycles. The molecule has 2 heterocycles. The van der Waals surface area contributed by atoms with Crippen molar-refractivity contribution in [1.82, 2.24) is 10.3 Å². The fourth-order valence-electron chi connectivity index (χ4n) is 4.11. The van der Waals surface area contributed by atoms with Crippen molar-refractivity contribution in [1.29, 1.82) is 5.26 Å². The van der Waals surface area contributed by atoms with Gasteiger partial charge >= 0.3 is 6.18 Å². The molecule has 5 rings (SSSR count). The third kappa shape index (κ3) is 5.40. The van der Waals surface area contributed by atoms with E-state index in [4.69, 9.17) is 33.2 Å². The largest absolute Gasteiger partial charge is 0.454 e. The summed E-state index contributed by atoms with van der Waals surface area (Å²) in [5, 5.41) is 37.4. The number of aromatic nitrogens is 1. The topological polar surface area (TPSA) is 114 Å². The molecule has 40 heavy (non-hydrogen) atoms. The van der Waals surface area contributed by atoms with E-state index < -0.39 is 24.3 Å². The number of fused-ring (bicyclic) bond motifs is 1. The lowest BCUT2D eigenvalue weighted by Crippen LogP contribution is -2.55. The van der Waals surface area contributed by atoms with Crippen LogP contribution in [-0.4, -0.2) is 33.5 Å². The van der Waals surface area contributed by atoms with Crippen molar-refractivity contribution in [2.45, 2.75) is 25.7 Å². The maximum Gasteiger partial charge on any atom is 0.416 e. The highest BCUT2D eigenvalue weighted by atomic mass is 35.5. The average molecular weight is 588 g/mol. The Kier molecular flexibility index (Phi) is 7.31. The minimum absolute atomic E-state index is 0.0853. The van der Waals surface area contributed by atoms with Crippen molar-refractivity contribution in [3.05, 3.63) is 81.8 Å². The van der Waals surface area contributed by atoms with Crippen LogP contribution in [0, 0.1) is 18.3 Å². The molecule has 0 saturated carbocycles. The third-order valence-electron chi connectivity index (χ3n) is 6.09. The maximum atomic E-state index is 12.9. The molecule has 204 valence electrons. The highest BCUT2D eigenvalue weighted by Gasteiger charge is 2.31. The molecule has 0 saturated heterocycles. The summed E-state index contributed by atoms with van der Waals surface area (Å²) in [4.78, 5) is 4.59. The Morgan fingerprint density at radius 3 is 2.33 bits per heavy atom. The van der Waals surface area contributed by atoms with Crippen LogP contribution < -0.4 is 15.1 Å². The van der Waals surface area contributed by atoms with Crippen molar-refractivity contribution in [3.63, 3.8) is 0 Å². The van der Waals surface area contributed by atoms with Crippen LogP contribution in [0.25, 0.3) is 22.2 Å². The van der Waals surface area contributed by atoms with E-state index in [1.165, 1.54) is 24.3 Å². The summed E-state index contributed by atoms with van der Waals surface area (Å²) in [5.74, 6) is 0.520. The Bertz CT molecular complexity index is 1670. The van der Waals surface area contributed by atoms with Crippen LogP contribution >= 0.6 is 23.2 Å². The number of ether oxygens (including phenoxy) is 1. The van der Waals surface area contributed by atoms with E-state index in [-0.39, 0.29) is 27.2 Å². The van der Waals surface area contributed by atoms with E-state index in [0.29, 0.717) is 22.5 Å². The Morgan fingerprint density at radius 1 is 1.02 bits per heavy atom. The highest BCUT2D eigenvalue weighted by Crippen LogP contribution is 2.41. The number of nitriles is 1. The summed E-state index contributed by atoms with van der Waals surface area (Å²) < 4.78 is 44.7. The molecule has 3 aromatic carbocycles. The van der Waals surface area contributed by atoms with Crippen molar-refractivity contribution in [3.8, 4) is 28.8 Å². The van der Waals surface area contributed by atoms with Crippen molar-refractivity contribution < 1.29 is 28.1 Å². The third-order valence-corrected chi connectivity index (χ3v) is 6.65. The number of hydrazone groups is 1. The zero-order valence-corrected chi connectivity index (χ0v) is 21.9. The molecule has 0 amide bonds. The lowest BCUT2D eigenvalue weighted by molar-refractivity contribution is -0.137. The summed E-state index contributed by atoms with van der Waals surface area (Å²) in [5.41, 5.74) is 1.73. The smallest absolute Gasteiger partial charge is 0.416 e. The second-order valence-corrected chi connectivity index (χ2v) is 9.62. The molecule has 0 bridgehead atoms. The van der Waals surface area contributed by atoms with Gasteiger partial charge in [-0.3, -0.25) is 0 Å². The number of aliphatic hydroxyl groups excluding tert-OH is 2. The lowest BCUT2D eigenvalue weighted by atomic mass is 10.0. The number of pyridine rings is 1. The Balaban J connectivity index is 1.42. The minimum atomic E-state index is -4.42. The van der Waals surface area contributed by atoms with Crippen molar-refractivity contribution in [2.24, 2.45) is 5.10 Å². The number of nitrogens with zero attached hydrogens (tertiary/aromatic N) is 4. The van der Waals surface area contributed by atoms with Crippen LogP contribution in [0.2, 0.25) is 10.0 Å². The molecule has 0 radical (unpaired) electrons. The fraction of sp³-hybridized carbons (Fsp3) is 0.148. The molecule has 4 aromatic rings. The van der Waals surface area contributed by atoms with Crippen LogP contribution in [0.3, 0.4) is 0 Å². The first-order valence-corrected chi connectivity index (χ1v) is 12.4. The predicted octanol–water partition coefficient (Wildman–Crippen LogP) is 6.21. The van der Waals surface area contributed by atoms with E-state index in [9.17, 15) is 23.4 Å². The molecule has 0 fully saturated rings. The van der Waals surface area contributed by atoms with Gasteiger partial charge in [-0.05, 0) is 61.0 Å². The first-order chi connectivity index (χ1) is 18.9. The summed E-state index contributed by atoms with van der Waals surface area (Å²) in [6.07, 6.45) is -7.30. The second kappa shape index (κ2) is 10.6. The number of nitrogens with one attached hydrogen (secondary N) is 1. The van der Waals surface area contributed by atoms with Gasteiger partial charge in [0.25, 0.3) is 0 Å². The standard InChI is InChI=1S/C27H18Cl2F3N5O3/c1-13-8-22(14-2-4-15(5-3-14)27(30,31)32)34-21-7-6-17(11-18(13)21)40-24-19(28)9-16(10-20(24)29)37-26(39)35-25(38)23(12-33)36-37/h2-11,25-26,35,38-39H,1H3. The molecule has 3 N–H and O–H groups in total. The van der Waals surface area contributed by atoms with Gasteiger partial charge in [0.15, 0.2) is 17.7 Å². The van der Waals surface area contributed by atoms with Crippen LogP contribution in [-0.2, 0) is 6.18 Å². The maximum absolute atomic E-state index is 12.9. The number of alkyl halides is 3. The minimum Gasteiger partial charge on any atom is -0.454 e. The molecule has 1 aliphatic heterocycles. The summed E-state index contributed by atoms with van der Waals surface area (Å²) in [6.45, 7) is 1.85. The van der Waals surface area contributed by atoms with Gasteiger partial charge in [0.2, 0.25) is 6.35 Å². The number of halogens is 5. The van der Waals surface area contributed by atoms with E-state index in [1.807, 2.05) is 6.92 Å². The molecule has 2 unspecified atom stereocenters. The Morgan fingerprint density at radius 2 is 1.70 bits per heavy atom. The molecule has 13 heteroatoms. The SMILES string of the molecule is Cc1cc(-c2ccc(C(F)(F)F)cc2)nc2ccc(Oc3c(Cl)cc(N4N=C(C#N)C(O)NC4O)cc3Cl)cc12. The normalized spacial score (nSPS) is 17.5. The Hall–Kier alpha value is -3.92. The average Bonchev–Trinajstić information content (AvgIpc) is 2.90. The van der Waals surface area contributed by atoms with Gasteiger partial charge in [0.1, 0.15) is 11.8 Å². The fourth-order valence-corrected chi connectivity index (χ4v) is 4.66. The summed E-state index contributed by atoms with van der Waals surface area (Å²) in [6, 6.07) is 16.3. The lowest BCUT2D eigenvalue weighted by Gasteiger charge is -2.32. The van der Waals surface area contributed by atoms with Crippen LogP contribution in [0.1, 0.15) is 11.1 Å². The quantitative estimate of drug-likeness (QED) is 0.260. The second-order valence-electron chi connectivity index (χ2n) is 8.80. The van der Waals surface area contributed by atoms with Crippen LogP contribution in [0.5, 0.6) is 11.5 Å². The van der Waals surface area contributed by atoms with E-state index in [1.54, 1.807) is 30.3 Å². The number of benzene rings is 3. The van der Waals surface area contributed by atoms with E-state index >= 15 is 0 Å². The number of aliphatic hydroxyl groups is 2. The van der Waals surface area contributed by atoms with Crippen molar-refractivity contribution >= 4 is 45.5 Å². The monoisotopic (exact) mass is 587 g/mol. The van der Waals surface area contributed by atoms with Crippen LogP contribution in [0.4, 0.5) is 18.9 Å². The predicted molar refractivity (Wildman–Crippen MR) is 144 cm³/mol. The van der Waals surface area contributed by atoms with E-state index in [0.717, 1.165) is 28.1 Å². The zero-order valence-electron chi connectivity index (χ0n) is 20.4. The van der Waals surface area contributed by atoms with Gasteiger partial charge in [-0.15, -0.1) is 0 Å². The molecule has 2 atom stereocenters. The number of hydrogen-bond acceptors (Lipinski definition) is 8. The van der Waals surface area contributed by atoms with E-state index in [2.05, 4.69) is 15.4 Å². The summed E-state index contributed by atoms with van der Waals surface area (Å²) in [7, 11) is 0. The van der Waals surface area contributed by atoms with Crippen LogP contribution in [0.15, 0.2) is 65.8 Å². The van der Waals surface area contributed by atoms with Gasteiger partial charge in [0.05, 0.1) is 32.5 Å². The molecular weight excluding hydrogens is 570 g/mol. The molecular formula is C27H18Cl2F3N5O3. The van der Waals surface area contributed by atoms with Crippen molar-refractivity contribution in [2.75, 3.05) is 5.01 Å². The van der Waals surface area contributed by atoms with Gasteiger partial charge in [-0.1, -0.05) is 35.3 Å². The van der Waals surface area contributed by atoms with Gasteiger partial charge in [0, 0.05) is 10.9 Å². The number of aryl methyl sites for hydroxylation is 1. The van der Waals surface area contributed by atoms with Gasteiger partial charge in [-0.25, -0.2) is 15.3 Å². The first-order valence-electron chi connectivity index (χ1n) is 11.6. The molecule has 8 nitrogen and oxygen atoms in total. The van der Waals surface area contributed by atoms with Gasteiger partial charge < -0.3 is 14.9 Å².